The average molecular weight is 454 g/mol. The molecule has 1 aliphatic rings. The quantitative estimate of drug-likeness (QED) is 0.522. The van der Waals surface area contributed by atoms with Gasteiger partial charge in [-0.2, -0.15) is 8.78 Å². The zero-order valence-electron chi connectivity index (χ0n) is 17.6. The van der Waals surface area contributed by atoms with Crippen LogP contribution in [0.4, 0.5) is 20.2 Å². The van der Waals surface area contributed by atoms with Crippen molar-refractivity contribution in [3.63, 3.8) is 0 Å². The van der Waals surface area contributed by atoms with Crippen LogP contribution >= 0.6 is 0 Å². The first-order valence-electron chi connectivity index (χ1n) is 10.0. The number of amides is 2. The highest BCUT2D eigenvalue weighted by Gasteiger charge is 2.26. The van der Waals surface area contributed by atoms with Gasteiger partial charge in [0.05, 0.1) is 18.9 Å². The molecule has 3 aromatic rings. The molecule has 0 atom stereocenters. The smallest absolute Gasteiger partial charge is 0.387 e. The van der Waals surface area contributed by atoms with Crippen LogP contribution in [0.2, 0.25) is 0 Å². The SMILES string of the molecule is COc1cccc(/C=C/C(=O)Nc2ccc3c(c2)CCN3C(=O)c2ccoc2)c1OC(F)F. The number of rotatable bonds is 7. The molecule has 1 N–H and O–H groups in total. The van der Waals surface area contributed by atoms with Crippen molar-refractivity contribution in [2.45, 2.75) is 13.0 Å². The molecule has 0 radical (unpaired) electrons. The van der Waals surface area contributed by atoms with Crippen LogP contribution in [-0.4, -0.2) is 32.1 Å². The maximum Gasteiger partial charge on any atom is 0.387 e. The van der Waals surface area contributed by atoms with Gasteiger partial charge < -0.3 is 24.1 Å². The molecule has 0 saturated carbocycles. The van der Waals surface area contributed by atoms with E-state index in [4.69, 9.17) is 9.15 Å². The van der Waals surface area contributed by atoms with E-state index in [-0.39, 0.29) is 23.0 Å². The number of nitrogens with one attached hydrogen (secondary N) is 1. The number of carbonyl (C=O) groups excluding carboxylic acids is 2. The molecule has 0 aliphatic carbocycles. The summed E-state index contributed by atoms with van der Waals surface area (Å²) in [6, 6.07) is 11.5. The molecule has 0 spiro atoms. The van der Waals surface area contributed by atoms with E-state index in [0.717, 1.165) is 11.3 Å². The van der Waals surface area contributed by atoms with Crippen LogP contribution in [0.15, 0.2) is 65.5 Å². The third-order valence-electron chi connectivity index (χ3n) is 5.11. The number of fused-ring (bicyclic) bond motifs is 1. The Morgan fingerprint density at radius 1 is 1.21 bits per heavy atom. The minimum absolute atomic E-state index is 0.131. The number of methoxy groups -OCH3 is 1. The predicted octanol–water partition coefficient (Wildman–Crippen LogP) is 4.74. The lowest BCUT2D eigenvalue weighted by molar-refractivity contribution is -0.111. The number of para-hydroxylation sites is 1. The Kier molecular flexibility index (Phi) is 6.39. The van der Waals surface area contributed by atoms with Crippen molar-refractivity contribution < 1.29 is 32.3 Å². The largest absolute Gasteiger partial charge is 0.493 e. The number of furan rings is 1. The fourth-order valence-electron chi connectivity index (χ4n) is 3.62. The minimum Gasteiger partial charge on any atom is -0.493 e. The van der Waals surface area contributed by atoms with Gasteiger partial charge in [-0.25, -0.2) is 0 Å². The average Bonchev–Trinajstić information content (AvgIpc) is 3.47. The van der Waals surface area contributed by atoms with Crippen molar-refractivity contribution >= 4 is 29.3 Å². The second-order valence-corrected chi connectivity index (χ2v) is 7.14. The number of nitrogens with zero attached hydrogens (tertiary/aromatic N) is 1. The van der Waals surface area contributed by atoms with Gasteiger partial charge in [0.2, 0.25) is 5.91 Å². The van der Waals surface area contributed by atoms with E-state index in [1.165, 1.54) is 43.9 Å². The van der Waals surface area contributed by atoms with Crippen LogP contribution in [0.1, 0.15) is 21.5 Å². The van der Waals surface area contributed by atoms with Crippen LogP contribution in [0.5, 0.6) is 11.5 Å². The maximum atomic E-state index is 12.8. The van der Waals surface area contributed by atoms with Crippen molar-refractivity contribution in [2.75, 3.05) is 23.9 Å². The fraction of sp³-hybridized carbons (Fsp3) is 0.167. The standard InChI is InChI=1S/C24H20F2N2O5/c1-31-20-4-2-3-15(22(20)33-24(25)26)5-8-21(29)27-18-6-7-19-16(13-18)9-11-28(19)23(30)17-10-12-32-14-17/h2-8,10,12-14,24H,9,11H2,1H3,(H,27,29)/b8-5+. The summed E-state index contributed by atoms with van der Waals surface area (Å²) < 4.78 is 40.1. The lowest BCUT2D eigenvalue weighted by atomic mass is 10.1. The molecule has 9 heteroatoms. The summed E-state index contributed by atoms with van der Waals surface area (Å²) >= 11 is 0. The molecule has 0 unspecified atom stereocenters. The van der Waals surface area contributed by atoms with E-state index >= 15 is 0 Å². The van der Waals surface area contributed by atoms with Gasteiger partial charge >= 0.3 is 6.61 Å². The fourth-order valence-corrected chi connectivity index (χ4v) is 3.62. The summed E-state index contributed by atoms with van der Waals surface area (Å²) in [7, 11) is 1.34. The number of carbonyl (C=O) groups is 2. The molecule has 0 saturated heterocycles. The normalized spacial score (nSPS) is 12.8. The van der Waals surface area contributed by atoms with E-state index < -0.39 is 12.5 Å². The first-order chi connectivity index (χ1) is 16.0. The van der Waals surface area contributed by atoms with Crippen molar-refractivity contribution in [1.82, 2.24) is 0 Å². The van der Waals surface area contributed by atoms with E-state index in [1.54, 1.807) is 35.2 Å². The molecule has 0 bridgehead atoms. The van der Waals surface area contributed by atoms with E-state index in [2.05, 4.69) is 10.1 Å². The lowest BCUT2D eigenvalue weighted by Crippen LogP contribution is -2.28. The minimum atomic E-state index is -3.03. The third kappa shape index (κ3) is 4.87. The summed E-state index contributed by atoms with van der Waals surface area (Å²) in [5.74, 6) is -0.627. The van der Waals surface area contributed by atoms with Gasteiger partial charge in [0, 0.05) is 29.6 Å². The molecule has 2 amide bonds. The molecule has 4 rings (SSSR count). The summed E-state index contributed by atoms with van der Waals surface area (Å²) in [5.41, 5.74) is 3.00. The molecule has 2 aromatic carbocycles. The molecular formula is C24H20F2N2O5. The number of hydrogen-bond donors (Lipinski definition) is 1. The Morgan fingerprint density at radius 2 is 2.06 bits per heavy atom. The van der Waals surface area contributed by atoms with Crippen LogP contribution in [0, 0.1) is 0 Å². The van der Waals surface area contributed by atoms with E-state index in [1.807, 2.05) is 0 Å². The molecular weight excluding hydrogens is 434 g/mol. The van der Waals surface area contributed by atoms with Crippen molar-refractivity contribution in [1.29, 1.82) is 0 Å². The highest BCUT2D eigenvalue weighted by atomic mass is 19.3. The highest BCUT2D eigenvalue weighted by Crippen LogP contribution is 2.34. The molecule has 2 heterocycles. The molecule has 7 nitrogen and oxygen atoms in total. The molecule has 1 aromatic heterocycles. The lowest BCUT2D eigenvalue weighted by Gasteiger charge is -2.16. The van der Waals surface area contributed by atoms with Gasteiger partial charge in [0.1, 0.15) is 6.26 Å². The van der Waals surface area contributed by atoms with Crippen molar-refractivity contribution in [2.24, 2.45) is 0 Å². The topological polar surface area (TPSA) is 81.0 Å². The van der Waals surface area contributed by atoms with Crippen LogP contribution in [0.25, 0.3) is 6.08 Å². The van der Waals surface area contributed by atoms with Crippen LogP contribution in [0.3, 0.4) is 0 Å². The highest BCUT2D eigenvalue weighted by molar-refractivity contribution is 6.07. The van der Waals surface area contributed by atoms with Gasteiger partial charge in [-0.15, -0.1) is 0 Å². The number of halogens is 2. The third-order valence-corrected chi connectivity index (χ3v) is 5.11. The van der Waals surface area contributed by atoms with Gasteiger partial charge in [-0.1, -0.05) is 12.1 Å². The molecule has 0 fully saturated rings. The maximum absolute atomic E-state index is 12.8. The summed E-state index contributed by atoms with van der Waals surface area (Å²) in [5, 5.41) is 2.74. The summed E-state index contributed by atoms with van der Waals surface area (Å²) in [6.07, 6.45) is 6.09. The van der Waals surface area contributed by atoms with Crippen molar-refractivity contribution in [3.05, 3.63) is 77.8 Å². The molecule has 170 valence electrons. The van der Waals surface area contributed by atoms with Gasteiger partial charge in [0.15, 0.2) is 11.5 Å². The van der Waals surface area contributed by atoms with Gasteiger partial charge in [-0.05, 0) is 48.4 Å². The van der Waals surface area contributed by atoms with E-state index in [9.17, 15) is 18.4 Å². The van der Waals surface area contributed by atoms with Crippen LogP contribution < -0.4 is 19.7 Å². The first-order valence-corrected chi connectivity index (χ1v) is 10.0. The molecule has 33 heavy (non-hydrogen) atoms. The second kappa shape index (κ2) is 9.56. The van der Waals surface area contributed by atoms with Crippen LogP contribution in [-0.2, 0) is 11.2 Å². The first kappa shape index (κ1) is 22.1. The summed E-state index contributed by atoms with van der Waals surface area (Å²) in [6.45, 7) is -2.51. The van der Waals surface area contributed by atoms with Crippen molar-refractivity contribution in [3.8, 4) is 11.5 Å². The zero-order valence-corrected chi connectivity index (χ0v) is 17.6. The zero-order chi connectivity index (χ0) is 23.4. The predicted molar refractivity (Wildman–Crippen MR) is 118 cm³/mol. The number of anilines is 2. The Hall–Kier alpha value is -4.14. The van der Waals surface area contributed by atoms with E-state index in [0.29, 0.717) is 24.2 Å². The second-order valence-electron chi connectivity index (χ2n) is 7.14. The number of alkyl halides is 2. The Balaban J connectivity index is 1.46. The number of ether oxygens (including phenoxy) is 2. The molecule has 1 aliphatic heterocycles. The number of benzene rings is 2. The van der Waals surface area contributed by atoms with Gasteiger partial charge in [0.25, 0.3) is 5.91 Å². The Labute approximate surface area is 188 Å². The Morgan fingerprint density at radius 3 is 2.79 bits per heavy atom. The number of hydrogen-bond acceptors (Lipinski definition) is 5. The Bertz CT molecular complexity index is 1190. The summed E-state index contributed by atoms with van der Waals surface area (Å²) in [4.78, 5) is 26.7. The monoisotopic (exact) mass is 454 g/mol. The van der Waals surface area contributed by atoms with Gasteiger partial charge in [-0.3, -0.25) is 9.59 Å².